The van der Waals surface area contributed by atoms with Crippen LogP contribution in [0.25, 0.3) is 0 Å². The Hall–Kier alpha value is -3.80. The number of carbonyl (C=O) groups excluding carboxylic acids is 4. The quantitative estimate of drug-likeness (QED) is 0.136. The number of hydrogen-bond acceptors (Lipinski definition) is 13. The van der Waals surface area contributed by atoms with E-state index in [1.165, 1.54) is 24.0 Å². The first-order valence-electron chi connectivity index (χ1n) is 19.8. The van der Waals surface area contributed by atoms with Crippen molar-refractivity contribution >= 4 is 62.8 Å². The Bertz CT molecular complexity index is 1970. The van der Waals surface area contributed by atoms with Crippen molar-refractivity contribution in [1.82, 2.24) is 15.2 Å². The maximum atomic E-state index is 14.3. The van der Waals surface area contributed by atoms with Gasteiger partial charge in [-0.2, -0.15) is 0 Å². The van der Waals surface area contributed by atoms with Gasteiger partial charge >= 0.3 is 12.1 Å². The number of aliphatic hydroxyl groups is 1. The number of fused-ring (bicyclic) bond motifs is 5. The van der Waals surface area contributed by atoms with Gasteiger partial charge in [0.15, 0.2) is 5.72 Å². The first-order chi connectivity index (χ1) is 28.2. The lowest BCUT2D eigenvalue weighted by molar-refractivity contribution is -0.162. The summed E-state index contributed by atoms with van der Waals surface area (Å²) in [5.41, 5.74) is -0.951. The third-order valence-electron chi connectivity index (χ3n) is 11.5. The molecule has 2 N–H and O–H groups in total. The molecule has 0 spiro atoms. The van der Waals surface area contributed by atoms with Crippen LogP contribution in [-0.2, 0) is 39.8 Å². The van der Waals surface area contributed by atoms with Crippen LogP contribution in [0.2, 0.25) is 5.02 Å². The molecule has 0 radical (unpaired) electrons. The van der Waals surface area contributed by atoms with Gasteiger partial charge in [-0.1, -0.05) is 59.2 Å². The van der Waals surface area contributed by atoms with E-state index in [1.807, 2.05) is 31.2 Å². The molecule has 60 heavy (non-hydrogen) atoms. The molecule has 3 aliphatic heterocycles. The molecule has 2 saturated heterocycles. The number of nitrogens with one attached hydrogen (secondary N) is 1. The monoisotopic (exact) mass is 888 g/mol. The fourth-order valence-corrected chi connectivity index (χ4v) is 9.92. The third kappa shape index (κ3) is 11.2. The zero-order chi connectivity index (χ0) is 44.2. The number of pyridine rings is 1. The molecule has 8 atom stereocenters. The summed E-state index contributed by atoms with van der Waals surface area (Å²) in [6.07, 6.45) is 3.33. The Morgan fingerprint density at radius 2 is 1.97 bits per heavy atom. The minimum absolute atomic E-state index is 0.0568. The summed E-state index contributed by atoms with van der Waals surface area (Å²) in [5, 5.41) is 15.4. The van der Waals surface area contributed by atoms with Gasteiger partial charge < -0.3 is 38.6 Å². The summed E-state index contributed by atoms with van der Waals surface area (Å²) in [5.74, 6) is -1.58. The highest BCUT2D eigenvalue weighted by Gasteiger charge is 2.64. The number of alkyl carbamates (subject to hydrolysis) is 1. The van der Waals surface area contributed by atoms with Crippen molar-refractivity contribution in [1.29, 1.82) is 0 Å². The van der Waals surface area contributed by atoms with Crippen molar-refractivity contribution < 1.29 is 48.0 Å². The first kappa shape index (κ1) is 47.3. The minimum atomic E-state index is -1.84. The van der Waals surface area contributed by atoms with Crippen molar-refractivity contribution in [3.8, 4) is 5.75 Å². The molecular weight excluding hydrogens is 832 g/mol. The topological polar surface area (TPSA) is 169 Å². The Kier molecular flexibility index (Phi) is 15.4. The summed E-state index contributed by atoms with van der Waals surface area (Å²) >= 11 is 6.80. The molecule has 0 saturated carbocycles. The maximum absolute atomic E-state index is 14.3. The lowest BCUT2D eigenvalue weighted by atomic mass is 9.83. The van der Waals surface area contributed by atoms with Crippen LogP contribution in [0.5, 0.6) is 5.75 Å². The van der Waals surface area contributed by atoms with Gasteiger partial charge in [-0.3, -0.25) is 14.9 Å². The van der Waals surface area contributed by atoms with Crippen molar-refractivity contribution in [2.45, 2.75) is 125 Å². The Labute approximate surface area is 365 Å². The Morgan fingerprint density at radius 3 is 2.63 bits per heavy atom. The fourth-order valence-electron chi connectivity index (χ4n) is 7.40. The van der Waals surface area contributed by atoms with Crippen LogP contribution >= 0.6 is 33.2 Å². The normalized spacial score (nSPS) is 29.2. The molecule has 3 aliphatic rings. The van der Waals surface area contributed by atoms with E-state index in [9.17, 15) is 24.3 Å². The highest BCUT2D eigenvalue weighted by atomic mass is 35.5. The van der Waals surface area contributed by atoms with E-state index >= 15 is 0 Å². The molecule has 1 aromatic heterocycles. The number of hydrogen-bond donors (Lipinski definition) is 2. The number of esters is 1. The lowest BCUT2D eigenvalue weighted by Crippen LogP contribution is -2.63. The van der Waals surface area contributed by atoms with Crippen LogP contribution in [0.1, 0.15) is 72.8 Å². The molecule has 8 unspecified atom stereocenters. The van der Waals surface area contributed by atoms with Gasteiger partial charge in [0.25, 0.3) is 0 Å². The second-order valence-electron chi connectivity index (χ2n) is 16.5. The number of benzene rings is 1. The maximum Gasteiger partial charge on any atom is 0.409 e. The minimum Gasteiger partial charge on any atom is -0.495 e. The van der Waals surface area contributed by atoms with Gasteiger partial charge in [-0.25, -0.2) is 14.6 Å². The highest BCUT2D eigenvalue weighted by molar-refractivity contribution is 8.77. The first-order valence-corrected chi connectivity index (χ1v) is 22.4. The van der Waals surface area contributed by atoms with E-state index in [4.69, 9.17) is 35.3 Å². The van der Waals surface area contributed by atoms with Crippen LogP contribution in [-0.4, -0.2) is 114 Å². The Morgan fingerprint density at radius 1 is 1.23 bits per heavy atom. The van der Waals surface area contributed by atoms with Gasteiger partial charge in [-0.05, 0) is 88.1 Å². The molecular formula is C43H57ClN4O10S2. The van der Waals surface area contributed by atoms with Crippen LogP contribution in [0.15, 0.2) is 65.4 Å². The number of ether oxygens (including phenoxy) is 5. The van der Waals surface area contributed by atoms with Gasteiger partial charge in [0.05, 0.1) is 25.3 Å². The molecule has 3 amide bonds. The predicted octanol–water partition coefficient (Wildman–Crippen LogP) is 6.91. The number of amides is 3. The largest absolute Gasteiger partial charge is 0.495 e. The Balaban J connectivity index is 1.41. The molecule has 4 heterocycles. The van der Waals surface area contributed by atoms with E-state index in [0.717, 1.165) is 16.2 Å². The standard InChI is InChI=1S/C43H57ClN4O10S2/c1-25-14-13-15-32(55-10)43(53)24-31(56-40(52)46-43)26(2)38-42(6,58-38)33(23-36(50)48(8)29-21-28(20-25)22-30(54-9)37(29)44)57-39(51)27(3)47(7)35(49)17-18-41(4,5)60-59-34-16-11-12-19-45-34/h11-16,19,21-22,26-27,31-33,38,53H,17-18,20,23-24H2,1-10H3,(H,46,52)/b15-13+,25-14+. The number of likely N-dealkylation sites (N-methyl/N-ethyl adjacent to an activating group) is 1. The van der Waals surface area contributed by atoms with Crippen molar-refractivity contribution in [3.05, 3.63) is 70.9 Å². The van der Waals surface area contributed by atoms with E-state index < -0.39 is 65.7 Å². The number of anilines is 1. The molecule has 2 fully saturated rings. The van der Waals surface area contributed by atoms with Crippen molar-refractivity contribution in [2.24, 2.45) is 5.92 Å². The average Bonchev–Trinajstić information content (AvgIpc) is 3.91. The second kappa shape index (κ2) is 19.5. The lowest BCUT2D eigenvalue weighted by Gasteiger charge is -2.42. The summed E-state index contributed by atoms with van der Waals surface area (Å²) in [7, 11) is 9.22. The van der Waals surface area contributed by atoms with Crippen molar-refractivity contribution in [3.63, 3.8) is 0 Å². The smallest absolute Gasteiger partial charge is 0.409 e. The number of methoxy groups -OCH3 is 2. The molecule has 17 heteroatoms. The number of nitrogens with zero attached hydrogens (tertiary/aromatic N) is 3. The third-order valence-corrected chi connectivity index (χ3v) is 15.1. The van der Waals surface area contributed by atoms with E-state index in [-0.39, 0.29) is 34.9 Å². The summed E-state index contributed by atoms with van der Waals surface area (Å²) in [6.45, 7) is 11.1. The van der Waals surface area contributed by atoms with Gasteiger partial charge in [-0.15, -0.1) is 0 Å². The van der Waals surface area contributed by atoms with Crippen LogP contribution < -0.4 is 15.0 Å². The number of allylic oxidation sites excluding steroid dienone is 3. The number of rotatable bonds is 11. The summed E-state index contributed by atoms with van der Waals surface area (Å²) in [4.78, 5) is 61.8. The average molecular weight is 890 g/mol. The number of halogens is 1. The van der Waals surface area contributed by atoms with Gasteiger partial charge in [0, 0.05) is 50.9 Å². The second-order valence-corrected chi connectivity index (χ2v) is 19.7. The molecule has 5 rings (SSSR count). The van der Waals surface area contributed by atoms with E-state index in [0.29, 0.717) is 24.3 Å². The zero-order valence-corrected chi connectivity index (χ0v) is 38.2. The molecule has 14 nitrogen and oxygen atoms in total. The molecule has 0 aliphatic carbocycles. The number of aromatic nitrogens is 1. The summed E-state index contributed by atoms with van der Waals surface area (Å²) in [6, 6.07) is 8.29. The molecule has 1 aromatic carbocycles. The van der Waals surface area contributed by atoms with E-state index in [1.54, 1.807) is 86.9 Å². The SMILES string of the molecule is COc1cc2cc(c1Cl)N(C)C(=O)CC(OC(=O)C(C)N(C)C(=O)CCC(C)(C)SSc1ccccn1)C1(C)OC1C(C)C1CC(O)(NC(=O)O1)C(OC)/C=C/C=C(\C)C2. The molecule has 2 aromatic rings. The fraction of sp³-hybridized carbons (Fsp3) is 0.558. The predicted molar refractivity (Wildman–Crippen MR) is 232 cm³/mol. The van der Waals surface area contributed by atoms with Crippen LogP contribution in [0.4, 0.5) is 10.5 Å². The van der Waals surface area contributed by atoms with Crippen molar-refractivity contribution in [2.75, 3.05) is 33.2 Å². The van der Waals surface area contributed by atoms with E-state index in [2.05, 4.69) is 24.1 Å². The number of epoxide rings is 1. The highest BCUT2D eigenvalue weighted by Crippen LogP contribution is 2.49. The van der Waals surface area contributed by atoms with Crippen LogP contribution in [0, 0.1) is 5.92 Å². The summed E-state index contributed by atoms with van der Waals surface area (Å²) < 4.78 is 29.2. The van der Waals surface area contributed by atoms with Gasteiger partial charge in [0.1, 0.15) is 45.8 Å². The molecule has 328 valence electrons. The van der Waals surface area contributed by atoms with Gasteiger partial charge in [0.2, 0.25) is 11.8 Å². The zero-order valence-electron chi connectivity index (χ0n) is 35.9. The molecule has 4 bridgehead atoms. The van der Waals surface area contributed by atoms with Crippen LogP contribution in [0.3, 0.4) is 0 Å². The number of carbonyl (C=O) groups is 4.